The van der Waals surface area contributed by atoms with Crippen LogP contribution in [0, 0.1) is 0 Å². The fraction of sp³-hybridized carbons (Fsp3) is 0.714. The molecule has 0 spiro atoms. The molecule has 1 aromatic heterocycles. The second kappa shape index (κ2) is 5.37. The van der Waals surface area contributed by atoms with E-state index in [4.69, 9.17) is 4.52 Å². The molecule has 2 saturated heterocycles. The van der Waals surface area contributed by atoms with Crippen LogP contribution in [0.5, 0.6) is 0 Å². The Hall–Kier alpha value is -1.07. The van der Waals surface area contributed by atoms with Gasteiger partial charge in [-0.25, -0.2) is 0 Å². The number of fused-ring (bicyclic) bond motifs is 2. The number of carbonyl (C=O) groups excluding carboxylic acids is 1. The van der Waals surface area contributed by atoms with Crippen molar-refractivity contribution in [2.24, 2.45) is 0 Å². The number of hydrogen-bond donors (Lipinski definition) is 2. The van der Waals surface area contributed by atoms with Crippen molar-refractivity contribution >= 4 is 18.3 Å². The van der Waals surface area contributed by atoms with E-state index in [-0.39, 0.29) is 24.4 Å². The summed E-state index contributed by atoms with van der Waals surface area (Å²) in [5, 5.41) is 10.6. The van der Waals surface area contributed by atoms with Crippen LogP contribution in [0.25, 0.3) is 0 Å². The summed E-state index contributed by atoms with van der Waals surface area (Å²) in [6, 6.07) is 3.27. The van der Waals surface area contributed by atoms with Crippen molar-refractivity contribution in [1.29, 1.82) is 0 Å². The Kier molecular flexibility index (Phi) is 3.73. The maximum absolute atomic E-state index is 12.1. The van der Waals surface area contributed by atoms with Crippen molar-refractivity contribution in [2.45, 2.75) is 62.6 Å². The van der Waals surface area contributed by atoms with Gasteiger partial charge in [0, 0.05) is 30.1 Å². The van der Waals surface area contributed by atoms with E-state index in [2.05, 4.69) is 15.8 Å². The van der Waals surface area contributed by atoms with Crippen LogP contribution >= 0.6 is 12.4 Å². The van der Waals surface area contributed by atoms with E-state index in [1.807, 2.05) is 6.07 Å². The van der Waals surface area contributed by atoms with Crippen molar-refractivity contribution < 1.29 is 9.32 Å². The van der Waals surface area contributed by atoms with Crippen molar-refractivity contribution in [1.82, 2.24) is 15.8 Å². The van der Waals surface area contributed by atoms with E-state index in [0.717, 1.165) is 31.4 Å². The van der Waals surface area contributed by atoms with E-state index in [1.165, 1.54) is 12.8 Å². The standard InChI is InChI=1S/C14H19N3O2.ClH/c18-14(12-7-13(19-17-12)8-1-2-8)16-11-5-9-3-4-10(6-11)15-9;/h7-11,15H,1-6H2,(H,16,18);1H. The summed E-state index contributed by atoms with van der Waals surface area (Å²) in [7, 11) is 0. The smallest absolute Gasteiger partial charge is 0.273 e. The lowest BCUT2D eigenvalue weighted by atomic mass is 10.00. The third-order valence-corrected chi connectivity index (χ3v) is 4.55. The van der Waals surface area contributed by atoms with Crippen LogP contribution in [-0.2, 0) is 0 Å². The lowest BCUT2D eigenvalue weighted by Gasteiger charge is -2.29. The van der Waals surface area contributed by atoms with Crippen molar-refractivity contribution in [3.63, 3.8) is 0 Å². The molecule has 1 saturated carbocycles. The van der Waals surface area contributed by atoms with E-state index >= 15 is 0 Å². The lowest BCUT2D eigenvalue weighted by molar-refractivity contribution is 0.0914. The molecule has 6 heteroatoms. The maximum Gasteiger partial charge on any atom is 0.273 e. The van der Waals surface area contributed by atoms with Crippen LogP contribution in [0.15, 0.2) is 10.6 Å². The molecule has 3 fully saturated rings. The predicted molar refractivity (Wildman–Crippen MR) is 76.2 cm³/mol. The fourth-order valence-corrected chi connectivity index (χ4v) is 3.39. The summed E-state index contributed by atoms with van der Waals surface area (Å²) >= 11 is 0. The second-order valence-corrected chi connectivity index (χ2v) is 6.17. The monoisotopic (exact) mass is 297 g/mol. The average Bonchev–Trinajstić information content (AvgIpc) is 3.03. The molecule has 2 N–H and O–H groups in total. The highest BCUT2D eigenvalue weighted by Gasteiger charge is 2.35. The van der Waals surface area contributed by atoms with Gasteiger partial charge >= 0.3 is 0 Å². The Bertz CT molecular complexity index is 488. The molecule has 2 atom stereocenters. The van der Waals surface area contributed by atoms with Crippen LogP contribution in [0.4, 0.5) is 0 Å². The largest absolute Gasteiger partial charge is 0.360 e. The Morgan fingerprint density at radius 1 is 1.25 bits per heavy atom. The molecule has 2 unspecified atom stereocenters. The molecule has 1 aromatic rings. The first-order valence-electron chi connectivity index (χ1n) is 7.31. The molecule has 2 aliphatic heterocycles. The summed E-state index contributed by atoms with van der Waals surface area (Å²) in [5.41, 5.74) is 0.438. The van der Waals surface area contributed by atoms with Crippen LogP contribution in [0.3, 0.4) is 0 Å². The number of nitrogens with zero attached hydrogens (tertiary/aromatic N) is 1. The van der Waals surface area contributed by atoms with Gasteiger partial charge in [-0.1, -0.05) is 5.16 Å². The maximum atomic E-state index is 12.1. The van der Waals surface area contributed by atoms with Gasteiger partial charge in [0.2, 0.25) is 0 Å². The SMILES string of the molecule is Cl.O=C(NC1CC2CCC(C1)N2)c1cc(C2CC2)on1. The molecule has 0 radical (unpaired) electrons. The Morgan fingerprint density at radius 2 is 1.95 bits per heavy atom. The molecule has 1 aliphatic carbocycles. The highest BCUT2D eigenvalue weighted by Crippen LogP contribution is 2.40. The molecule has 5 nitrogen and oxygen atoms in total. The normalized spacial score (nSPS) is 31.7. The molecule has 2 bridgehead atoms. The number of rotatable bonds is 3. The van der Waals surface area contributed by atoms with Crippen LogP contribution in [-0.4, -0.2) is 29.2 Å². The molecule has 1 amide bonds. The number of piperidine rings is 1. The molecule has 3 heterocycles. The van der Waals surface area contributed by atoms with E-state index < -0.39 is 0 Å². The topological polar surface area (TPSA) is 67.2 Å². The van der Waals surface area contributed by atoms with Gasteiger partial charge in [0.1, 0.15) is 5.76 Å². The number of carbonyl (C=O) groups is 1. The third-order valence-electron chi connectivity index (χ3n) is 4.55. The summed E-state index contributed by atoms with van der Waals surface area (Å²) in [4.78, 5) is 12.1. The van der Waals surface area contributed by atoms with Crippen LogP contribution in [0.2, 0.25) is 0 Å². The Morgan fingerprint density at radius 3 is 2.60 bits per heavy atom. The summed E-state index contributed by atoms with van der Waals surface area (Å²) in [5.74, 6) is 1.29. The molecule has 4 rings (SSSR count). The van der Waals surface area contributed by atoms with Crippen LogP contribution in [0.1, 0.15) is 60.7 Å². The number of hydrogen-bond acceptors (Lipinski definition) is 4. The molecule has 3 aliphatic rings. The number of aromatic nitrogens is 1. The minimum atomic E-state index is -0.0815. The Labute approximate surface area is 124 Å². The second-order valence-electron chi connectivity index (χ2n) is 6.17. The average molecular weight is 298 g/mol. The Balaban J connectivity index is 0.00000121. The summed E-state index contributed by atoms with van der Waals surface area (Å²) < 4.78 is 5.23. The van der Waals surface area contributed by atoms with E-state index in [9.17, 15) is 4.79 Å². The summed E-state index contributed by atoms with van der Waals surface area (Å²) in [6.45, 7) is 0. The third kappa shape index (κ3) is 2.69. The highest BCUT2D eigenvalue weighted by atomic mass is 35.5. The zero-order chi connectivity index (χ0) is 12.8. The molecule has 110 valence electrons. The minimum absolute atomic E-state index is 0. The van der Waals surface area contributed by atoms with Gasteiger partial charge in [0.15, 0.2) is 5.69 Å². The fourth-order valence-electron chi connectivity index (χ4n) is 3.39. The molecule has 0 aromatic carbocycles. The zero-order valence-electron chi connectivity index (χ0n) is 11.3. The van der Waals surface area contributed by atoms with Gasteiger partial charge in [-0.05, 0) is 38.5 Å². The van der Waals surface area contributed by atoms with Gasteiger partial charge in [0.05, 0.1) is 0 Å². The molecule has 20 heavy (non-hydrogen) atoms. The van der Waals surface area contributed by atoms with Crippen molar-refractivity contribution in [3.8, 4) is 0 Å². The lowest BCUT2D eigenvalue weighted by Crippen LogP contribution is -2.48. The number of amides is 1. The molecular weight excluding hydrogens is 278 g/mol. The first kappa shape index (κ1) is 13.9. The molecular formula is C14H20ClN3O2. The van der Waals surface area contributed by atoms with Gasteiger partial charge < -0.3 is 15.2 Å². The van der Waals surface area contributed by atoms with Crippen LogP contribution < -0.4 is 10.6 Å². The highest BCUT2D eigenvalue weighted by molar-refractivity contribution is 5.92. The summed E-state index contributed by atoms with van der Waals surface area (Å²) in [6.07, 6.45) is 6.88. The van der Waals surface area contributed by atoms with Gasteiger partial charge in [-0.3, -0.25) is 4.79 Å². The zero-order valence-corrected chi connectivity index (χ0v) is 12.1. The first-order chi connectivity index (χ1) is 9.28. The number of nitrogens with one attached hydrogen (secondary N) is 2. The van der Waals surface area contributed by atoms with Crippen molar-refractivity contribution in [2.75, 3.05) is 0 Å². The quantitative estimate of drug-likeness (QED) is 0.895. The van der Waals surface area contributed by atoms with E-state index in [1.54, 1.807) is 0 Å². The minimum Gasteiger partial charge on any atom is -0.360 e. The van der Waals surface area contributed by atoms with Gasteiger partial charge in [-0.2, -0.15) is 0 Å². The first-order valence-corrected chi connectivity index (χ1v) is 7.31. The van der Waals surface area contributed by atoms with Crippen molar-refractivity contribution in [3.05, 3.63) is 17.5 Å². The predicted octanol–water partition coefficient (Wildman–Crippen LogP) is 1.99. The van der Waals surface area contributed by atoms with Gasteiger partial charge in [-0.15, -0.1) is 12.4 Å². The number of halogens is 1. The van der Waals surface area contributed by atoms with Gasteiger partial charge in [0.25, 0.3) is 5.91 Å². The van der Waals surface area contributed by atoms with E-state index in [0.29, 0.717) is 23.7 Å².